The van der Waals surface area contributed by atoms with Gasteiger partial charge in [-0.05, 0) is 38.5 Å². The van der Waals surface area contributed by atoms with Crippen LogP contribution in [0.3, 0.4) is 0 Å². The summed E-state index contributed by atoms with van der Waals surface area (Å²) in [6.45, 7) is 11.8. The molecule has 0 amide bonds. The van der Waals surface area contributed by atoms with E-state index in [4.69, 9.17) is 14.2 Å². The number of guanidine groups is 1. The lowest BCUT2D eigenvalue weighted by atomic mass is 10.1. The molecule has 0 aromatic heterocycles. The third kappa shape index (κ3) is 9.23. The van der Waals surface area contributed by atoms with Crippen molar-refractivity contribution in [3.8, 4) is 11.5 Å². The predicted molar refractivity (Wildman–Crippen MR) is 130 cm³/mol. The Labute approximate surface area is 197 Å². The van der Waals surface area contributed by atoms with Crippen molar-refractivity contribution < 1.29 is 19.3 Å². The molecule has 172 valence electrons. The highest BCUT2D eigenvalue weighted by Crippen LogP contribution is 2.28. The van der Waals surface area contributed by atoms with Gasteiger partial charge in [0.05, 0.1) is 39.1 Å². The lowest BCUT2D eigenvalue weighted by molar-refractivity contribution is -0.0201. The monoisotopic (exact) mass is 536 g/mol. The van der Waals surface area contributed by atoms with E-state index in [0.29, 0.717) is 38.0 Å². The zero-order valence-electron chi connectivity index (χ0n) is 18.6. The molecule has 2 rings (SSSR count). The SMILES string of the molecule is CCNC(=NCc1ccc(OCC)c(OC)c1)NCC(C)(O)CN1CCOCC1.I. The van der Waals surface area contributed by atoms with Crippen molar-refractivity contribution >= 4 is 29.9 Å². The number of nitrogens with zero attached hydrogens (tertiary/aromatic N) is 2. The number of methoxy groups -OCH3 is 1. The summed E-state index contributed by atoms with van der Waals surface area (Å²) in [4.78, 5) is 6.86. The van der Waals surface area contributed by atoms with Gasteiger partial charge in [-0.2, -0.15) is 0 Å². The standard InChI is InChI=1S/C21H36N4O4.HI/c1-5-22-20(24-15-21(3,26)16-25-9-11-28-12-10-25)23-14-17-7-8-18(29-6-2)19(13-17)27-4;/h7-8,13,26H,5-6,9-12,14-16H2,1-4H3,(H2,22,23,24);1H. The number of hydrogen-bond acceptors (Lipinski definition) is 6. The predicted octanol–water partition coefficient (Wildman–Crippen LogP) is 1.85. The second kappa shape index (κ2) is 13.9. The highest BCUT2D eigenvalue weighted by atomic mass is 127. The molecule has 1 saturated heterocycles. The fourth-order valence-corrected chi connectivity index (χ4v) is 3.17. The Bertz CT molecular complexity index is 652. The summed E-state index contributed by atoms with van der Waals surface area (Å²) in [7, 11) is 1.63. The molecule has 1 fully saturated rings. The second-order valence-electron chi connectivity index (χ2n) is 7.35. The summed E-state index contributed by atoms with van der Waals surface area (Å²) in [6, 6.07) is 5.82. The van der Waals surface area contributed by atoms with Crippen LogP contribution < -0.4 is 20.1 Å². The van der Waals surface area contributed by atoms with E-state index in [1.807, 2.05) is 39.0 Å². The molecule has 0 spiro atoms. The van der Waals surface area contributed by atoms with Crippen LogP contribution in [0.1, 0.15) is 26.3 Å². The maximum atomic E-state index is 10.8. The van der Waals surface area contributed by atoms with Gasteiger partial charge in [-0.3, -0.25) is 4.90 Å². The van der Waals surface area contributed by atoms with Crippen molar-refractivity contribution in [3.63, 3.8) is 0 Å². The van der Waals surface area contributed by atoms with Crippen molar-refractivity contribution in [2.75, 3.05) is 59.7 Å². The largest absolute Gasteiger partial charge is 0.493 e. The first-order valence-corrected chi connectivity index (χ1v) is 10.3. The zero-order chi connectivity index (χ0) is 21.1. The summed E-state index contributed by atoms with van der Waals surface area (Å²) in [5.41, 5.74) is 0.151. The Kier molecular flexibility index (Phi) is 12.4. The van der Waals surface area contributed by atoms with E-state index in [9.17, 15) is 5.11 Å². The Morgan fingerprint density at radius 2 is 1.97 bits per heavy atom. The quantitative estimate of drug-likeness (QED) is 0.239. The summed E-state index contributed by atoms with van der Waals surface area (Å²) in [5.74, 6) is 2.10. The van der Waals surface area contributed by atoms with Crippen LogP contribution in [0.5, 0.6) is 11.5 Å². The molecule has 1 aromatic carbocycles. The van der Waals surface area contributed by atoms with Gasteiger partial charge in [-0.15, -0.1) is 24.0 Å². The smallest absolute Gasteiger partial charge is 0.191 e. The molecular formula is C21H37IN4O4. The van der Waals surface area contributed by atoms with E-state index < -0.39 is 5.60 Å². The fraction of sp³-hybridized carbons (Fsp3) is 0.667. The molecule has 0 aliphatic carbocycles. The number of morpholine rings is 1. The molecule has 1 unspecified atom stereocenters. The van der Waals surface area contributed by atoms with Crippen molar-refractivity contribution in [3.05, 3.63) is 23.8 Å². The van der Waals surface area contributed by atoms with E-state index in [0.717, 1.165) is 44.2 Å². The van der Waals surface area contributed by atoms with Gasteiger partial charge in [-0.25, -0.2) is 4.99 Å². The van der Waals surface area contributed by atoms with Crippen LogP contribution in [0.4, 0.5) is 0 Å². The molecule has 3 N–H and O–H groups in total. The average Bonchev–Trinajstić information content (AvgIpc) is 2.71. The summed E-state index contributed by atoms with van der Waals surface area (Å²) in [5, 5.41) is 17.2. The van der Waals surface area contributed by atoms with Gasteiger partial charge in [0.15, 0.2) is 17.5 Å². The average molecular weight is 536 g/mol. The number of nitrogens with one attached hydrogen (secondary N) is 2. The number of ether oxygens (including phenoxy) is 3. The van der Waals surface area contributed by atoms with Gasteiger partial charge in [-0.1, -0.05) is 6.07 Å². The minimum Gasteiger partial charge on any atom is -0.493 e. The zero-order valence-corrected chi connectivity index (χ0v) is 20.9. The second-order valence-corrected chi connectivity index (χ2v) is 7.35. The van der Waals surface area contributed by atoms with Crippen LogP contribution in [0.25, 0.3) is 0 Å². The van der Waals surface area contributed by atoms with Crippen LogP contribution in [0.2, 0.25) is 0 Å². The molecule has 0 bridgehead atoms. The van der Waals surface area contributed by atoms with E-state index in [-0.39, 0.29) is 24.0 Å². The van der Waals surface area contributed by atoms with Crippen molar-refractivity contribution in [1.82, 2.24) is 15.5 Å². The van der Waals surface area contributed by atoms with Gasteiger partial charge in [0.25, 0.3) is 0 Å². The normalized spacial score (nSPS) is 16.9. The molecule has 0 radical (unpaired) electrons. The molecule has 0 saturated carbocycles. The molecule has 1 heterocycles. The minimum absolute atomic E-state index is 0. The number of rotatable bonds is 10. The van der Waals surface area contributed by atoms with Crippen LogP contribution >= 0.6 is 24.0 Å². The molecule has 30 heavy (non-hydrogen) atoms. The number of halogens is 1. The van der Waals surface area contributed by atoms with Gasteiger partial charge < -0.3 is 30.0 Å². The number of hydrogen-bond donors (Lipinski definition) is 3. The lowest BCUT2D eigenvalue weighted by Gasteiger charge is -2.34. The Balaban J connectivity index is 0.00000450. The van der Waals surface area contributed by atoms with Gasteiger partial charge in [0.2, 0.25) is 0 Å². The number of benzene rings is 1. The summed E-state index contributed by atoms with van der Waals surface area (Å²) >= 11 is 0. The first-order valence-electron chi connectivity index (χ1n) is 10.3. The Hall–Kier alpha value is -1.30. The maximum absolute atomic E-state index is 10.8. The minimum atomic E-state index is -0.865. The molecule has 1 aliphatic rings. The van der Waals surface area contributed by atoms with E-state index in [1.165, 1.54) is 0 Å². The van der Waals surface area contributed by atoms with Crippen LogP contribution in [0, 0.1) is 0 Å². The van der Waals surface area contributed by atoms with Gasteiger partial charge in [0.1, 0.15) is 0 Å². The molecular weight excluding hydrogens is 499 g/mol. The van der Waals surface area contributed by atoms with Crippen molar-refractivity contribution in [2.45, 2.75) is 32.9 Å². The first-order chi connectivity index (χ1) is 14.0. The van der Waals surface area contributed by atoms with Gasteiger partial charge >= 0.3 is 0 Å². The topological polar surface area (TPSA) is 87.6 Å². The Morgan fingerprint density at radius 1 is 1.23 bits per heavy atom. The van der Waals surface area contributed by atoms with Crippen molar-refractivity contribution in [2.24, 2.45) is 4.99 Å². The number of aliphatic hydroxyl groups is 1. The summed E-state index contributed by atoms with van der Waals surface area (Å²) in [6.07, 6.45) is 0. The first kappa shape index (κ1) is 26.7. The third-order valence-electron chi connectivity index (χ3n) is 4.60. The highest BCUT2D eigenvalue weighted by molar-refractivity contribution is 14.0. The number of aliphatic imine (C=N–C) groups is 1. The van der Waals surface area contributed by atoms with Crippen LogP contribution in [0.15, 0.2) is 23.2 Å². The summed E-state index contributed by atoms with van der Waals surface area (Å²) < 4.78 is 16.3. The fourth-order valence-electron chi connectivity index (χ4n) is 3.17. The third-order valence-corrected chi connectivity index (χ3v) is 4.60. The molecule has 8 nitrogen and oxygen atoms in total. The molecule has 1 aliphatic heterocycles. The number of β-amino-alcohol motifs (C(OH)–C–C–N with tert-alkyl or cyclic N) is 1. The van der Waals surface area contributed by atoms with Crippen LogP contribution in [-0.2, 0) is 11.3 Å². The highest BCUT2D eigenvalue weighted by Gasteiger charge is 2.25. The van der Waals surface area contributed by atoms with Gasteiger partial charge in [0, 0.05) is 32.7 Å². The van der Waals surface area contributed by atoms with E-state index in [2.05, 4.69) is 20.5 Å². The van der Waals surface area contributed by atoms with E-state index >= 15 is 0 Å². The van der Waals surface area contributed by atoms with Crippen LogP contribution in [-0.4, -0.2) is 81.2 Å². The maximum Gasteiger partial charge on any atom is 0.191 e. The Morgan fingerprint density at radius 3 is 2.60 bits per heavy atom. The van der Waals surface area contributed by atoms with Crippen molar-refractivity contribution in [1.29, 1.82) is 0 Å². The molecule has 1 aromatic rings. The van der Waals surface area contributed by atoms with E-state index in [1.54, 1.807) is 7.11 Å². The molecule has 9 heteroatoms. The lowest BCUT2D eigenvalue weighted by Crippen LogP contribution is -2.52. The molecule has 1 atom stereocenters.